The first kappa shape index (κ1) is 19.2. The molecule has 6 nitrogen and oxygen atoms in total. The van der Waals surface area contributed by atoms with Crippen LogP contribution in [-0.4, -0.2) is 58.8 Å². The van der Waals surface area contributed by atoms with Gasteiger partial charge in [-0.15, -0.1) is 0 Å². The second kappa shape index (κ2) is 7.71. The number of halogens is 2. The molecule has 2 saturated heterocycles. The zero-order chi connectivity index (χ0) is 19.8. The van der Waals surface area contributed by atoms with Gasteiger partial charge in [0.25, 0.3) is 0 Å². The number of benzene rings is 1. The highest BCUT2D eigenvalue weighted by atomic mass is 32.1. The van der Waals surface area contributed by atoms with Crippen LogP contribution in [0.25, 0.3) is 10.2 Å². The topological polar surface area (TPSA) is 65.5 Å². The van der Waals surface area contributed by atoms with E-state index in [1.165, 1.54) is 6.07 Å². The normalized spacial score (nSPS) is 23.3. The van der Waals surface area contributed by atoms with E-state index in [1.54, 1.807) is 6.92 Å². The molecule has 150 valence electrons. The van der Waals surface area contributed by atoms with Crippen LogP contribution in [-0.2, 0) is 9.59 Å². The van der Waals surface area contributed by atoms with Gasteiger partial charge < -0.3 is 10.2 Å². The summed E-state index contributed by atoms with van der Waals surface area (Å²) in [6, 6.07) is 2.30. The van der Waals surface area contributed by atoms with E-state index in [0.717, 1.165) is 49.8 Å². The van der Waals surface area contributed by atoms with Gasteiger partial charge in [0.15, 0.2) is 10.9 Å². The van der Waals surface area contributed by atoms with Gasteiger partial charge in [-0.05, 0) is 31.9 Å². The molecule has 0 spiro atoms. The number of nitrogens with zero attached hydrogens (tertiary/aromatic N) is 3. The van der Waals surface area contributed by atoms with Crippen LogP contribution < -0.4 is 5.32 Å². The van der Waals surface area contributed by atoms with Crippen LogP contribution >= 0.6 is 11.3 Å². The minimum Gasteiger partial charge on any atom is -0.341 e. The summed E-state index contributed by atoms with van der Waals surface area (Å²) in [7, 11) is 0. The first-order valence-corrected chi connectivity index (χ1v) is 10.3. The highest BCUT2D eigenvalue weighted by Crippen LogP contribution is 2.30. The lowest BCUT2D eigenvalue weighted by Gasteiger charge is -2.35. The van der Waals surface area contributed by atoms with E-state index in [0.29, 0.717) is 23.8 Å². The molecule has 9 heteroatoms. The van der Waals surface area contributed by atoms with E-state index in [-0.39, 0.29) is 28.4 Å². The summed E-state index contributed by atoms with van der Waals surface area (Å²) in [6.45, 7) is 4.62. The largest absolute Gasteiger partial charge is 0.341 e. The third-order valence-corrected chi connectivity index (χ3v) is 6.51. The highest BCUT2D eigenvalue weighted by Gasteiger charge is 2.34. The predicted molar refractivity (Wildman–Crippen MR) is 103 cm³/mol. The first-order chi connectivity index (χ1) is 13.4. The molecule has 0 bridgehead atoms. The van der Waals surface area contributed by atoms with Crippen LogP contribution in [0, 0.1) is 17.6 Å². The Hall–Kier alpha value is -2.13. The van der Waals surface area contributed by atoms with Crippen LogP contribution in [0.1, 0.15) is 26.2 Å². The molecule has 4 rings (SSSR count). The van der Waals surface area contributed by atoms with Gasteiger partial charge in [0.2, 0.25) is 11.8 Å². The fraction of sp³-hybridized carbons (Fsp3) is 0.526. The lowest BCUT2D eigenvalue weighted by atomic mass is 9.95. The molecule has 2 unspecified atom stereocenters. The van der Waals surface area contributed by atoms with Crippen molar-refractivity contribution in [1.29, 1.82) is 0 Å². The zero-order valence-corrected chi connectivity index (χ0v) is 16.4. The van der Waals surface area contributed by atoms with Gasteiger partial charge in [-0.25, -0.2) is 13.8 Å². The number of likely N-dealkylation sites (tertiary alicyclic amines) is 2. The monoisotopic (exact) mass is 408 g/mol. The third-order valence-electron chi connectivity index (χ3n) is 5.59. The lowest BCUT2D eigenvalue weighted by Crippen LogP contribution is -2.47. The standard InChI is InChI=1S/C19H22F2N4O2S/c1-11(26)24-6-4-14(10-24)25-5-2-3-12(9-25)18(27)23-19-22-17-15(21)7-13(20)8-16(17)28-19/h7-8,12,14H,2-6,9-10H2,1H3,(H,22,23,27). The van der Waals surface area contributed by atoms with Crippen molar-refractivity contribution in [2.75, 3.05) is 31.5 Å². The first-order valence-electron chi connectivity index (χ1n) is 9.46. The average Bonchev–Trinajstić information content (AvgIpc) is 3.29. The van der Waals surface area contributed by atoms with E-state index in [2.05, 4.69) is 15.2 Å². The number of rotatable bonds is 3. The summed E-state index contributed by atoms with van der Waals surface area (Å²) in [6.07, 6.45) is 2.62. The SMILES string of the molecule is CC(=O)N1CCC(N2CCCC(C(=O)Nc3nc4c(F)cc(F)cc4s3)C2)C1. The number of piperidine rings is 1. The van der Waals surface area contributed by atoms with Crippen molar-refractivity contribution in [1.82, 2.24) is 14.8 Å². The number of thiazole rings is 1. The van der Waals surface area contributed by atoms with Crippen LogP contribution in [0.4, 0.5) is 13.9 Å². The maximum atomic E-state index is 13.8. The quantitative estimate of drug-likeness (QED) is 0.848. The van der Waals surface area contributed by atoms with Gasteiger partial charge in [-0.3, -0.25) is 14.5 Å². The summed E-state index contributed by atoms with van der Waals surface area (Å²) in [5, 5.41) is 3.06. The number of carbonyl (C=O) groups excluding carboxylic acids is 2. The van der Waals surface area contributed by atoms with Crippen molar-refractivity contribution in [2.24, 2.45) is 5.92 Å². The predicted octanol–water partition coefficient (Wildman–Crippen LogP) is 2.85. The van der Waals surface area contributed by atoms with Crippen molar-refractivity contribution < 1.29 is 18.4 Å². The number of amides is 2. The van der Waals surface area contributed by atoms with Crippen molar-refractivity contribution in [3.8, 4) is 0 Å². The summed E-state index contributed by atoms with van der Waals surface area (Å²) in [4.78, 5) is 32.5. The second-order valence-electron chi connectivity index (χ2n) is 7.48. The van der Waals surface area contributed by atoms with Gasteiger partial charge in [0.05, 0.1) is 10.6 Å². The van der Waals surface area contributed by atoms with E-state index in [9.17, 15) is 18.4 Å². The van der Waals surface area contributed by atoms with Crippen LogP contribution in [0.3, 0.4) is 0 Å². The number of anilines is 1. The van der Waals surface area contributed by atoms with E-state index < -0.39 is 11.6 Å². The number of hydrogen-bond acceptors (Lipinski definition) is 5. The molecule has 3 heterocycles. The Morgan fingerprint density at radius 3 is 2.79 bits per heavy atom. The third kappa shape index (κ3) is 3.86. The van der Waals surface area contributed by atoms with E-state index >= 15 is 0 Å². The van der Waals surface area contributed by atoms with E-state index in [4.69, 9.17) is 0 Å². The molecule has 2 atom stereocenters. The van der Waals surface area contributed by atoms with Crippen LogP contribution in [0.15, 0.2) is 12.1 Å². The molecule has 1 N–H and O–H groups in total. The van der Waals surface area contributed by atoms with Gasteiger partial charge in [0.1, 0.15) is 11.3 Å². The second-order valence-corrected chi connectivity index (χ2v) is 8.51. The minimum absolute atomic E-state index is 0.0715. The van der Waals surface area contributed by atoms with Crippen molar-refractivity contribution in [2.45, 2.75) is 32.2 Å². The number of aromatic nitrogens is 1. The maximum absolute atomic E-state index is 13.8. The smallest absolute Gasteiger partial charge is 0.230 e. The Morgan fingerprint density at radius 2 is 2.04 bits per heavy atom. The number of carbonyl (C=O) groups is 2. The summed E-state index contributed by atoms with van der Waals surface area (Å²) in [5.41, 5.74) is 0.0715. The molecule has 1 aromatic heterocycles. The molecule has 1 aromatic carbocycles. The fourth-order valence-electron chi connectivity index (χ4n) is 4.10. The average molecular weight is 408 g/mol. The van der Waals surface area contributed by atoms with Gasteiger partial charge in [-0.1, -0.05) is 11.3 Å². The molecule has 0 aliphatic carbocycles. The Bertz CT molecular complexity index is 919. The van der Waals surface area contributed by atoms with E-state index in [1.807, 2.05) is 4.90 Å². The molecule has 2 aliphatic rings. The summed E-state index contributed by atoms with van der Waals surface area (Å²) >= 11 is 1.07. The van der Waals surface area contributed by atoms with Crippen molar-refractivity contribution >= 4 is 38.5 Å². The fourth-order valence-corrected chi connectivity index (χ4v) is 5.00. The Labute approximate surface area is 165 Å². The molecule has 0 saturated carbocycles. The van der Waals surface area contributed by atoms with Crippen LogP contribution in [0.2, 0.25) is 0 Å². The molecule has 28 heavy (non-hydrogen) atoms. The molecule has 2 amide bonds. The Kier molecular flexibility index (Phi) is 5.29. The van der Waals surface area contributed by atoms with Gasteiger partial charge >= 0.3 is 0 Å². The summed E-state index contributed by atoms with van der Waals surface area (Å²) < 4.78 is 27.5. The van der Waals surface area contributed by atoms with Crippen molar-refractivity contribution in [3.05, 3.63) is 23.8 Å². The molecular weight excluding hydrogens is 386 g/mol. The maximum Gasteiger partial charge on any atom is 0.230 e. The zero-order valence-electron chi connectivity index (χ0n) is 15.6. The Balaban J connectivity index is 1.41. The molecule has 2 aromatic rings. The summed E-state index contributed by atoms with van der Waals surface area (Å²) in [5.74, 6) is -1.63. The van der Waals surface area contributed by atoms with Gasteiger partial charge in [-0.2, -0.15) is 0 Å². The van der Waals surface area contributed by atoms with Crippen molar-refractivity contribution in [3.63, 3.8) is 0 Å². The molecule has 0 radical (unpaired) electrons. The molecule has 2 aliphatic heterocycles. The lowest BCUT2D eigenvalue weighted by molar-refractivity contribution is -0.128. The van der Waals surface area contributed by atoms with Gasteiger partial charge in [0, 0.05) is 38.7 Å². The Morgan fingerprint density at radius 1 is 1.21 bits per heavy atom. The highest BCUT2D eigenvalue weighted by molar-refractivity contribution is 7.22. The van der Waals surface area contributed by atoms with Crippen LogP contribution in [0.5, 0.6) is 0 Å². The number of hydrogen-bond donors (Lipinski definition) is 1. The number of fused-ring (bicyclic) bond motifs is 1. The molecular formula is C19H22F2N4O2S. The number of nitrogens with one attached hydrogen (secondary N) is 1. The minimum atomic E-state index is -0.730. The molecule has 2 fully saturated rings.